The molecule has 2 N–H and O–H groups in total. The van der Waals surface area contributed by atoms with E-state index < -0.39 is 0 Å². The average molecular weight is 294 g/mol. The van der Waals surface area contributed by atoms with Crippen molar-refractivity contribution in [3.63, 3.8) is 0 Å². The zero-order valence-corrected chi connectivity index (χ0v) is 12.2. The van der Waals surface area contributed by atoms with Crippen LogP contribution < -0.4 is 5.32 Å². The molecule has 5 nitrogen and oxygen atoms in total. The molecule has 0 saturated heterocycles. The number of carbonyl (C=O) groups excluding carboxylic acids is 1. The molecule has 0 spiro atoms. The van der Waals surface area contributed by atoms with Crippen molar-refractivity contribution in [1.29, 1.82) is 0 Å². The van der Waals surface area contributed by atoms with Gasteiger partial charge in [0.1, 0.15) is 5.52 Å². The SMILES string of the molecule is CCC(CCO)NC(=O)CSc1nc2ccccc2o1. The number of nitrogens with one attached hydrogen (secondary N) is 1. The van der Waals surface area contributed by atoms with Gasteiger partial charge in [0, 0.05) is 12.6 Å². The number of hydrogen-bond acceptors (Lipinski definition) is 5. The van der Waals surface area contributed by atoms with Crippen molar-refractivity contribution in [3.05, 3.63) is 24.3 Å². The van der Waals surface area contributed by atoms with Crippen LogP contribution in [0.15, 0.2) is 33.9 Å². The summed E-state index contributed by atoms with van der Waals surface area (Å²) in [6, 6.07) is 7.53. The minimum Gasteiger partial charge on any atom is -0.431 e. The lowest BCUT2D eigenvalue weighted by atomic mass is 10.1. The fourth-order valence-corrected chi connectivity index (χ4v) is 2.49. The first-order chi connectivity index (χ1) is 9.72. The van der Waals surface area contributed by atoms with E-state index in [0.717, 1.165) is 17.5 Å². The molecule has 1 aromatic heterocycles. The van der Waals surface area contributed by atoms with Crippen molar-refractivity contribution in [2.24, 2.45) is 0 Å². The maximum atomic E-state index is 11.8. The van der Waals surface area contributed by atoms with E-state index in [1.165, 1.54) is 11.8 Å². The molecule has 6 heteroatoms. The summed E-state index contributed by atoms with van der Waals surface area (Å²) < 4.78 is 5.53. The number of carbonyl (C=O) groups is 1. The molecule has 2 rings (SSSR count). The second kappa shape index (κ2) is 7.31. The van der Waals surface area contributed by atoms with Gasteiger partial charge in [-0.15, -0.1) is 0 Å². The zero-order valence-electron chi connectivity index (χ0n) is 11.3. The van der Waals surface area contributed by atoms with Crippen LogP contribution in [0.25, 0.3) is 11.1 Å². The Hall–Kier alpha value is -1.53. The number of rotatable bonds is 7. The monoisotopic (exact) mass is 294 g/mol. The molecule has 1 unspecified atom stereocenters. The summed E-state index contributed by atoms with van der Waals surface area (Å²) in [7, 11) is 0. The lowest BCUT2D eigenvalue weighted by Gasteiger charge is -2.14. The molecule has 1 atom stereocenters. The number of benzene rings is 1. The van der Waals surface area contributed by atoms with Gasteiger partial charge in [0.25, 0.3) is 5.22 Å². The van der Waals surface area contributed by atoms with Crippen LogP contribution in [-0.4, -0.2) is 34.4 Å². The minimum absolute atomic E-state index is 0.0248. The lowest BCUT2D eigenvalue weighted by molar-refractivity contribution is -0.119. The van der Waals surface area contributed by atoms with Gasteiger partial charge < -0.3 is 14.8 Å². The van der Waals surface area contributed by atoms with E-state index in [1.54, 1.807) is 0 Å². The predicted molar refractivity (Wildman–Crippen MR) is 78.7 cm³/mol. The molecule has 1 heterocycles. The molecule has 0 bridgehead atoms. The Morgan fingerprint density at radius 1 is 1.50 bits per heavy atom. The molecule has 2 aromatic rings. The summed E-state index contributed by atoms with van der Waals surface area (Å²) in [5.74, 6) is 0.187. The molecule has 108 valence electrons. The van der Waals surface area contributed by atoms with E-state index >= 15 is 0 Å². The fourth-order valence-electron chi connectivity index (χ4n) is 1.84. The predicted octanol–water partition coefficient (Wildman–Crippen LogP) is 2.20. The van der Waals surface area contributed by atoms with Crippen molar-refractivity contribution >= 4 is 28.8 Å². The van der Waals surface area contributed by atoms with Gasteiger partial charge in [-0.2, -0.15) is 0 Å². The number of amides is 1. The van der Waals surface area contributed by atoms with Gasteiger partial charge in [-0.1, -0.05) is 30.8 Å². The Kier molecular flexibility index (Phi) is 5.43. The van der Waals surface area contributed by atoms with Gasteiger partial charge in [-0.3, -0.25) is 4.79 Å². The third kappa shape index (κ3) is 3.98. The fraction of sp³-hybridized carbons (Fsp3) is 0.429. The summed E-state index contributed by atoms with van der Waals surface area (Å²) in [5.41, 5.74) is 1.52. The number of thioether (sulfide) groups is 1. The number of oxazole rings is 1. The average Bonchev–Trinajstić information content (AvgIpc) is 2.87. The Morgan fingerprint density at radius 3 is 3.00 bits per heavy atom. The van der Waals surface area contributed by atoms with Crippen LogP contribution in [0, 0.1) is 0 Å². The zero-order chi connectivity index (χ0) is 14.4. The Labute approximate surface area is 121 Å². The van der Waals surface area contributed by atoms with Gasteiger partial charge in [-0.25, -0.2) is 4.98 Å². The van der Waals surface area contributed by atoms with E-state index in [4.69, 9.17) is 9.52 Å². The first-order valence-corrected chi connectivity index (χ1v) is 7.60. The Morgan fingerprint density at radius 2 is 2.30 bits per heavy atom. The number of aliphatic hydroxyl groups is 1. The summed E-state index contributed by atoms with van der Waals surface area (Å²) in [6.45, 7) is 2.06. The molecule has 0 fully saturated rings. The molecule has 0 aliphatic heterocycles. The lowest BCUT2D eigenvalue weighted by Crippen LogP contribution is -2.36. The second-order valence-corrected chi connectivity index (χ2v) is 5.35. The number of aromatic nitrogens is 1. The van der Waals surface area contributed by atoms with Crippen molar-refractivity contribution < 1.29 is 14.3 Å². The Balaban J connectivity index is 1.86. The van der Waals surface area contributed by atoms with E-state index in [9.17, 15) is 4.79 Å². The van der Waals surface area contributed by atoms with Crippen molar-refractivity contribution in [1.82, 2.24) is 10.3 Å². The molecule has 20 heavy (non-hydrogen) atoms. The minimum atomic E-state index is -0.0717. The highest BCUT2D eigenvalue weighted by Gasteiger charge is 2.12. The van der Waals surface area contributed by atoms with Crippen LogP contribution in [0.5, 0.6) is 0 Å². The van der Waals surface area contributed by atoms with Gasteiger partial charge in [0.05, 0.1) is 5.75 Å². The van der Waals surface area contributed by atoms with Crippen LogP contribution in [0.1, 0.15) is 19.8 Å². The first-order valence-electron chi connectivity index (χ1n) is 6.61. The smallest absolute Gasteiger partial charge is 0.257 e. The van der Waals surface area contributed by atoms with E-state index in [1.807, 2.05) is 31.2 Å². The topological polar surface area (TPSA) is 75.4 Å². The number of fused-ring (bicyclic) bond motifs is 1. The van der Waals surface area contributed by atoms with Crippen LogP contribution in [-0.2, 0) is 4.79 Å². The highest BCUT2D eigenvalue weighted by Crippen LogP contribution is 2.22. The van der Waals surface area contributed by atoms with Crippen molar-refractivity contribution in [2.75, 3.05) is 12.4 Å². The molecule has 0 aliphatic carbocycles. The first kappa shape index (κ1) is 14.9. The standard InChI is InChI=1S/C14H18N2O3S/c1-2-10(7-8-17)15-13(18)9-20-14-16-11-5-3-4-6-12(11)19-14/h3-6,10,17H,2,7-9H2,1H3,(H,15,18). The van der Waals surface area contributed by atoms with Crippen LogP contribution in [0.4, 0.5) is 0 Å². The third-order valence-electron chi connectivity index (χ3n) is 2.94. The molecule has 1 aromatic carbocycles. The number of hydrogen-bond donors (Lipinski definition) is 2. The number of nitrogens with zero attached hydrogens (tertiary/aromatic N) is 1. The maximum Gasteiger partial charge on any atom is 0.257 e. The van der Waals surface area contributed by atoms with E-state index in [2.05, 4.69) is 10.3 Å². The molecule has 0 radical (unpaired) electrons. The van der Waals surface area contributed by atoms with E-state index in [-0.39, 0.29) is 24.3 Å². The molecular weight excluding hydrogens is 276 g/mol. The summed E-state index contributed by atoms with van der Waals surface area (Å²) in [4.78, 5) is 16.1. The van der Waals surface area contributed by atoms with Crippen molar-refractivity contribution in [2.45, 2.75) is 31.0 Å². The molecule has 1 amide bonds. The van der Waals surface area contributed by atoms with Crippen LogP contribution in [0.3, 0.4) is 0 Å². The van der Waals surface area contributed by atoms with Gasteiger partial charge in [-0.05, 0) is 25.0 Å². The quantitative estimate of drug-likeness (QED) is 0.766. The molecule has 0 saturated carbocycles. The Bertz CT molecular complexity index is 537. The van der Waals surface area contributed by atoms with Crippen LogP contribution >= 0.6 is 11.8 Å². The highest BCUT2D eigenvalue weighted by molar-refractivity contribution is 7.99. The highest BCUT2D eigenvalue weighted by atomic mass is 32.2. The van der Waals surface area contributed by atoms with Gasteiger partial charge in [0.15, 0.2) is 5.58 Å². The summed E-state index contributed by atoms with van der Waals surface area (Å²) >= 11 is 1.27. The second-order valence-electron chi connectivity index (χ2n) is 4.42. The third-order valence-corrected chi connectivity index (χ3v) is 3.76. The van der Waals surface area contributed by atoms with E-state index in [0.29, 0.717) is 11.6 Å². The maximum absolute atomic E-state index is 11.8. The molecular formula is C14H18N2O3S. The number of para-hydroxylation sites is 2. The molecule has 0 aliphatic rings. The van der Waals surface area contributed by atoms with Gasteiger partial charge in [0.2, 0.25) is 5.91 Å². The van der Waals surface area contributed by atoms with Gasteiger partial charge >= 0.3 is 0 Å². The summed E-state index contributed by atoms with van der Waals surface area (Å²) in [5, 5.41) is 12.3. The number of aliphatic hydroxyl groups excluding tert-OH is 1. The van der Waals surface area contributed by atoms with Crippen molar-refractivity contribution in [3.8, 4) is 0 Å². The van der Waals surface area contributed by atoms with Crippen LogP contribution in [0.2, 0.25) is 0 Å². The summed E-state index contributed by atoms with van der Waals surface area (Å²) in [6.07, 6.45) is 1.38. The largest absolute Gasteiger partial charge is 0.431 e. The normalized spacial score (nSPS) is 12.5.